The van der Waals surface area contributed by atoms with Crippen LogP contribution in [-0.2, 0) is 16.1 Å². The zero-order valence-corrected chi connectivity index (χ0v) is 12.1. The van der Waals surface area contributed by atoms with Gasteiger partial charge in [0, 0.05) is 36.8 Å². The van der Waals surface area contributed by atoms with E-state index >= 15 is 0 Å². The quantitative estimate of drug-likeness (QED) is 0.752. The van der Waals surface area contributed by atoms with E-state index in [1.54, 1.807) is 0 Å². The van der Waals surface area contributed by atoms with Crippen molar-refractivity contribution in [2.45, 2.75) is 32.4 Å². The minimum absolute atomic E-state index is 0.0307. The molecular weight excluding hydrogens is 260 g/mol. The van der Waals surface area contributed by atoms with Crippen LogP contribution in [0.3, 0.4) is 0 Å². The van der Waals surface area contributed by atoms with Crippen molar-refractivity contribution in [3.63, 3.8) is 0 Å². The van der Waals surface area contributed by atoms with Crippen LogP contribution < -0.4 is 0 Å². The largest absolute Gasteiger partial charge is 0.378 e. The Morgan fingerprint density at radius 1 is 1.74 bits per heavy atom. The number of hydrogen-bond donors (Lipinski definition) is 0. The summed E-state index contributed by atoms with van der Waals surface area (Å²) >= 11 is 1.41. The molecule has 19 heavy (non-hydrogen) atoms. The molecule has 5 heteroatoms. The van der Waals surface area contributed by atoms with Crippen molar-refractivity contribution in [1.29, 1.82) is 0 Å². The molecule has 0 saturated carbocycles. The van der Waals surface area contributed by atoms with Crippen molar-refractivity contribution in [2.75, 3.05) is 13.2 Å². The Bertz CT molecular complexity index is 419. The van der Waals surface area contributed by atoms with E-state index in [1.807, 2.05) is 16.5 Å². The van der Waals surface area contributed by atoms with Crippen molar-refractivity contribution in [3.8, 4) is 0 Å². The highest BCUT2D eigenvalue weighted by Crippen LogP contribution is 2.23. The van der Waals surface area contributed by atoms with Gasteiger partial charge in [0.15, 0.2) is 0 Å². The maximum atomic E-state index is 11.9. The molecule has 0 bridgehead atoms. The van der Waals surface area contributed by atoms with Gasteiger partial charge >= 0.3 is 0 Å². The van der Waals surface area contributed by atoms with E-state index < -0.39 is 0 Å². The summed E-state index contributed by atoms with van der Waals surface area (Å²) in [5.41, 5.74) is 1.07. The van der Waals surface area contributed by atoms with E-state index in [-0.39, 0.29) is 12.0 Å². The van der Waals surface area contributed by atoms with Gasteiger partial charge in [-0.25, -0.2) is 4.37 Å². The van der Waals surface area contributed by atoms with Crippen molar-refractivity contribution in [3.05, 3.63) is 29.8 Å². The summed E-state index contributed by atoms with van der Waals surface area (Å²) in [6.45, 7) is 7.93. The predicted molar refractivity (Wildman–Crippen MR) is 75.9 cm³/mol. The normalized spacial score (nSPS) is 22.4. The lowest BCUT2D eigenvalue weighted by Crippen LogP contribution is -2.32. The third kappa shape index (κ3) is 3.88. The Morgan fingerprint density at radius 2 is 2.58 bits per heavy atom. The van der Waals surface area contributed by atoms with Crippen LogP contribution in [0.25, 0.3) is 0 Å². The van der Waals surface area contributed by atoms with E-state index in [1.165, 1.54) is 17.6 Å². The second-order valence-electron chi connectivity index (χ2n) is 4.96. The van der Waals surface area contributed by atoms with Crippen molar-refractivity contribution in [1.82, 2.24) is 9.27 Å². The van der Waals surface area contributed by atoms with E-state index in [9.17, 15) is 4.79 Å². The fraction of sp³-hybridized carbons (Fsp3) is 0.571. The topological polar surface area (TPSA) is 42.4 Å². The molecule has 0 unspecified atom stereocenters. The number of nitrogens with zero attached hydrogens (tertiary/aromatic N) is 2. The fourth-order valence-corrected chi connectivity index (χ4v) is 2.86. The predicted octanol–water partition coefficient (Wildman–Crippen LogP) is 2.47. The van der Waals surface area contributed by atoms with Gasteiger partial charge in [0.25, 0.3) is 0 Å². The van der Waals surface area contributed by atoms with Crippen molar-refractivity contribution >= 4 is 17.4 Å². The molecule has 2 rings (SSSR count). The van der Waals surface area contributed by atoms with Gasteiger partial charge in [-0.2, -0.15) is 0 Å². The average molecular weight is 280 g/mol. The van der Waals surface area contributed by atoms with Gasteiger partial charge in [0.1, 0.15) is 0 Å². The number of ether oxygens (including phenoxy) is 1. The highest BCUT2D eigenvalue weighted by atomic mass is 32.1. The van der Waals surface area contributed by atoms with Crippen LogP contribution in [0.1, 0.15) is 25.3 Å². The molecule has 0 N–H and O–H groups in total. The van der Waals surface area contributed by atoms with E-state index in [0.29, 0.717) is 19.0 Å². The maximum Gasteiger partial charge on any atom is 0.246 e. The van der Waals surface area contributed by atoms with Crippen LogP contribution in [-0.4, -0.2) is 34.4 Å². The minimum atomic E-state index is -0.0307. The van der Waals surface area contributed by atoms with E-state index in [4.69, 9.17) is 4.74 Å². The van der Waals surface area contributed by atoms with Gasteiger partial charge in [0.2, 0.25) is 5.91 Å². The first-order chi connectivity index (χ1) is 9.20. The summed E-state index contributed by atoms with van der Waals surface area (Å²) in [5.74, 6) is 0.556. The maximum absolute atomic E-state index is 11.9. The summed E-state index contributed by atoms with van der Waals surface area (Å²) in [7, 11) is 0. The van der Waals surface area contributed by atoms with Crippen LogP contribution in [0.5, 0.6) is 0 Å². The first-order valence-electron chi connectivity index (χ1n) is 6.62. The van der Waals surface area contributed by atoms with Crippen LogP contribution >= 0.6 is 11.5 Å². The Labute approximate surface area is 118 Å². The number of carbonyl (C=O) groups excluding carboxylic acids is 1. The lowest BCUT2D eigenvalue weighted by Gasteiger charge is -2.23. The zero-order chi connectivity index (χ0) is 13.7. The number of amides is 1. The molecule has 1 fully saturated rings. The van der Waals surface area contributed by atoms with Crippen LogP contribution in [0.4, 0.5) is 0 Å². The Balaban J connectivity index is 1.90. The van der Waals surface area contributed by atoms with Crippen LogP contribution in [0, 0.1) is 5.92 Å². The third-order valence-corrected chi connectivity index (χ3v) is 4.20. The minimum Gasteiger partial charge on any atom is -0.378 e. The summed E-state index contributed by atoms with van der Waals surface area (Å²) < 4.78 is 9.75. The van der Waals surface area contributed by atoms with E-state index in [2.05, 4.69) is 17.9 Å². The molecule has 2 heterocycles. The molecule has 0 radical (unpaired) electrons. The van der Waals surface area contributed by atoms with Gasteiger partial charge in [0.05, 0.1) is 6.10 Å². The van der Waals surface area contributed by atoms with Gasteiger partial charge in [-0.15, -0.1) is 0 Å². The monoisotopic (exact) mass is 280 g/mol. The molecule has 0 spiro atoms. The summed E-state index contributed by atoms with van der Waals surface area (Å²) in [6, 6.07) is 0. The first kappa shape index (κ1) is 14.2. The molecule has 1 aromatic heterocycles. The zero-order valence-electron chi connectivity index (χ0n) is 11.2. The molecule has 1 aliphatic heterocycles. The summed E-state index contributed by atoms with van der Waals surface area (Å²) in [6.07, 6.45) is 5.47. The molecule has 1 saturated heterocycles. The molecule has 1 amide bonds. The van der Waals surface area contributed by atoms with E-state index in [0.717, 1.165) is 25.0 Å². The first-order valence-corrected chi connectivity index (χ1v) is 7.45. The average Bonchev–Trinajstić information content (AvgIpc) is 3.05. The lowest BCUT2D eigenvalue weighted by atomic mass is 10.0. The second-order valence-corrected chi connectivity index (χ2v) is 5.62. The van der Waals surface area contributed by atoms with Crippen LogP contribution in [0.15, 0.2) is 24.2 Å². The molecule has 4 nitrogen and oxygen atoms in total. The Morgan fingerprint density at radius 3 is 3.16 bits per heavy atom. The Hall–Kier alpha value is -1.20. The SMILES string of the molecule is C=CC(=O)N(CC[C@H]1OCC[C@H]1C)Cc1cnsc1. The highest BCUT2D eigenvalue weighted by molar-refractivity contribution is 7.03. The van der Waals surface area contributed by atoms with Gasteiger partial charge in [-0.05, 0) is 36.4 Å². The lowest BCUT2D eigenvalue weighted by molar-refractivity contribution is -0.127. The molecular formula is C14H20N2O2S. The highest BCUT2D eigenvalue weighted by Gasteiger charge is 2.25. The summed E-state index contributed by atoms with van der Waals surface area (Å²) in [4.78, 5) is 13.7. The number of rotatable bonds is 6. The number of aromatic nitrogens is 1. The smallest absolute Gasteiger partial charge is 0.246 e. The molecule has 0 aromatic carbocycles. The Kier molecular flexibility index (Phi) is 5.10. The fourth-order valence-electron chi connectivity index (χ4n) is 2.33. The number of hydrogen-bond acceptors (Lipinski definition) is 4. The van der Waals surface area contributed by atoms with Gasteiger partial charge < -0.3 is 9.64 Å². The van der Waals surface area contributed by atoms with Gasteiger partial charge in [-0.1, -0.05) is 13.5 Å². The molecule has 1 aliphatic rings. The summed E-state index contributed by atoms with van der Waals surface area (Å²) in [5, 5.41) is 1.97. The van der Waals surface area contributed by atoms with Crippen LogP contribution in [0.2, 0.25) is 0 Å². The second kappa shape index (κ2) is 6.82. The molecule has 0 aliphatic carbocycles. The molecule has 2 atom stereocenters. The van der Waals surface area contributed by atoms with Gasteiger partial charge in [-0.3, -0.25) is 4.79 Å². The van der Waals surface area contributed by atoms with Crippen molar-refractivity contribution in [2.24, 2.45) is 5.92 Å². The molecule has 1 aromatic rings. The molecule has 104 valence electrons. The standard InChI is InChI=1S/C14H20N2O2S/c1-3-14(17)16(9-12-8-15-19-10-12)6-4-13-11(2)5-7-18-13/h3,8,10-11,13H,1,4-7,9H2,2H3/t11-,13-/m1/s1. The van der Waals surface area contributed by atoms with Crippen molar-refractivity contribution < 1.29 is 9.53 Å². The number of carbonyl (C=O) groups is 1. The third-order valence-electron chi connectivity index (χ3n) is 3.57.